The summed E-state index contributed by atoms with van der Waals surface area (Å²) in [6, 6.07) is 14.3. The smallest absolute Gasteiger partial charge is 0.304 e. The number of nitrogens with one attached hydrogen (secondary N) is 1. The van der Waals surface area contributed by atoms with Crippen LogP contribution in [-0.2, 0) is 14.3 Å². The van der Waals surface area contributed by atoms with E-state index in [2.05, 4.69) is 29.3 Å². The molecule has 2 N–H and O–H groups in total. The molecule has 1 aliphatic rings. The van der Waals surface area contributed by atoms with Crippen LogP contribution in [0, 0.1) is 18.3 Å². The van der Waals surface area contributed by atoms with E-state index in [1.165, 1.54) is 0 Å². The van der Waals surface area contributed by atoms with Crippen LogP contribution in [0.2, 0.25) is 0 Å². The number of anilines is 3. The van der Waals surface area contributed by atoms with E-state index >= 15 is 0 Å². The van der Waals surface area contributed by atoms with Crippen molar-refractivity contribution in [2.75, 3.05) is 43.7 Å². The number of benzene rings is 2. The first-order valence-corrected chi connectivity index (χ1v) is 11.4. The highest BCUT2D eigenvalue weighted by Gasteiger charge is 2.24. The molecule has 2 aromatic carbocycles. The molecule has 0 saturated carbocycles. The van der Waals surface area contributed by atoms with E-state index in [1.54, 1.807) is 13.2 Å². The number of nitrogens with zero attached hydrogens (tertiary/aromatic N) is 2. The molecule has 3 rings (SSSR count). The molecule has 1 fully saturated rings. The number of rotatable bonds is 10. The van der Waals surface area contributed by atoms with Gasteiger partial charge >= 0.3 is 5.97 Å². The predicted molar refractivity (Wildman–Crippen MR) is 129 cm³/mol. The molecule has 0 bridgehead atoms. The highest BCUT2D eigenvalue weighted by atomic mass is 16.5. The third kappa shape index (κ3) is 6.25. The first-order valence-electron chi connectivity index (χ1n) is 11.4. The number of carboxylic acid groups (broad SMARTS) is 1. The lowest BCUT2D eigenvalue weighted by molar-refractivity contribution is -0.137. The van der Waals surface area contributed by atoms with Crippen LogP contribution in [0.5, 0.6) is 0 Å². The summed E-state index contributed by atoms with van der Waals surface area (Å²) in [6.45, 7) is 6.82. The van der Waals surface area contributed by atoms with E-state index in [0.717, 1.165) is 60.8 Å². The summed E-state index contributed by atoms with van der Waals surface area (Å²) >= 11 is 0. The zero-order valence-electron chi connectivity index (χ0n) is 19.6. The Morgan fingerprint density at radius 2 is 2.03 bits per heavy atom. The first-order chi connectivity index (χ1) is 16.0. The largest absolute Gasteiger partial charge is 0.481 e. The SMILES string of the molecule is CCN(c1ccc([C@H](COC)CC(=O)O)cc1Nc1ccc(C#N)cc1C)C1CCOCC1. The van der Waals surface area contributed by atoms with E-state index in [0.29, 0.717) is 18.2 Å². The molecule has 1 heterocycles. The van der Waals surface area contributed by atoms with Gasteiger partial charge in [-0.3, -0.25) is 4.79 Å². The maximum absolute atomic E-state index is 11.4. The standard InChI is InChI=1S/C26H33N3O4/c1-4-29(22-9-11-33-12-10-22)25-8-6-20(21(17-32-3)15-26(30)31)14-24(25)28-23-7-5-19(16-27)13-18(23)2/h5-8,13-14,21-22,28H,4,9-12,15,17H2,1-3H3,(H,30,31)/t21-/m0/s1. The summed E-state index contributed by atoms with van der Waals surface area (Å²) in [5.41, 5.74) is 5.41. The Labute approximate surface area is 195 Å². The van der Waals surface area contributed by atoms with Crippen LogP contribution in [0.3, 0.4) is 0 Å². The van der Waals surface area contributed by atoms with E-state index in [-0.39, 0.29) is 12.3 Å². The third-order valence-corrected chi connectivity index (χ3v) is 6.19. The van der Waals surface area contributed by atoms with Gasteiger partial charge in [-0.2, -0.15) is 5.26 Å². The van der Waals surface area contributed by atoms with Gasteiger partial charge in [0.2, 0.25) is 0 Å². The Bertz CT molecular complexity index is 996. The molecule has 0 radical (unpaired) electrons. The Morgan fingerprint density at radius 1 is 1.27 bits per heavy atom. The number of aliphatic carboxylic acids is 1. The normalized spacial score (nSPS) is 15.0. The molecule has 7 nitrogen and oxygen atoms in total. The highest BCUT2D eigenvalue weighted by Crippen LogP contribution is 2.36. The zero-order chi connectivity index (χ0) is 23.8. The van der Waals surface area contributed by atoms with E-state index in [4.69, 9.17) is 9.47 Å². The topological polar surface area (TPSA) is 94.8 Å². The quantitative estimate of drug-likeness (QED) is 0.535. The Kier molecular flexibility index (Phi) is 8.70. The monoisotopic (exact) mass is 451 g/mol. The van der Waals surface area contributed by atoms with Gasteiger partial charge in [0.15, 0.2) is 0 Å². The highest BCUT2D eigenvalue weighted by molar-refractivity contribution is 5.78. The molecule has 2 aromatic rings. The molecule has 176 valence electrons. The minimum absolute atomic E-state index is 0.0000231. The maximum atomic E-state index is 11.4. The molecule has 1 saturated heterocycles. The second kappa shape index (κ2) is 11.7. The number of aryl methyl sites for hydroxylation is 1. The third-order valence-electron chi connectivity index (χ3n) is 6.19. The van der Waals surface area contributed by atoms with Gasteiger partial charge < -0.3 is 24.8 Å². The van der Waals surface area contributed by atoms with Gasteiger partial charge in [0, 0.05) is 44.5 Å². The fraction of sp³-hybridized carbons (Fsp3) is 0.462. The van der Waals surface area contributed by atoms with Gasteiger partial charge in [-0.15, -0.1) is 0 Å². The second-order valence-electron chi connectivity index (χ2n) is 8.42. The van der Waals surface area contributed by atoms with Gasteiger partial charge in [-0.1, -0.05) is 6.07 Å². The second-order valence-corrected chi connectivity index (χ2v) is 8.42. The number of nitriles is 1. The Morgan fingerprint density at radius 3 is 2.64 bits per heavy atom. The summed E-state index contributed by atoms with van der Waals surface area (Å²) in [5, 5.41) is 22.2. The van der Waals surface area contributed by atoms with E-state index in [1.807, 2.05) is 31.2 Å². The molecular formula is C26H33N3O4. The molecule has 7 heteroatoms. The molecule has 1 atom stereocenters. The number of hydrogen-bond donors (Lipinski definition) is 2. The van der Waals surface area contributed by atoms with Crippen LogP contribution < -0.4 is 10.2 Å². The summed E-state index contributed by atoms with van der Waals surface area (Å²) in [5.74, 6) is -1.10. The van der Waals surface area contributed by atoms with Crippen molar-refractivity contribution in [2.24, 2.45) is 0 Å². The van der Waals surface area contributed by atoms with Crippen molar-refractivity contribution in [3.8, 4) is 6.07 Å². The van der Waals surface area contributed by atoms with Crippen molar-refractivity contribution >= 4 is 23.0 Å². The van der Waals surface area contributed by atoms with Gasteiger partial charge in [0.05, 0.1) is 36.0 Å². The van der Waals surface area contributed by atoms with E-state index < -0.39 is 5.97 Å². The number of carboxylic acids is 1. The summed E-state index contributed by atoms with van der Waals surface area (Å²) in [7, 11) is 1.59. The average molecular weight is 452 g/mol. The summed E-state index contributed by atoms with van der Waals surface area (Å²) in [6.07, 6.45) is 1.94. The molecule has 0 spiro atoms. The molecule has 0 aliphatic carbocycles. The first kappa shape index (κ1) is 24.6. The van der Waals surface area contributed by atoms with Crippen molar-refractivity contribution in [3.63, 3.8) is 0 Å². The summed E-state index contributed by atoms with van der Waals surface area (Å²) < 4.78 is 10.9. The Hall–Kier alpha value is -3.08. The molecular weight excluding hydrogens is 418 g/mol. The maximum Gasteiger partial charge on any atom is 0.304 e. The zero-order valence-corrected chi connectivity index (χ0v) is 19.6. The van der Waals surface area contributed by atoms with Crippen LogP contribution in [0.4, 0.5) is 17.1 Å². The lowest BCUT2D eigenvalue weighted by Gasteiger charge is -2.37. The van der Waals surface area contributed by atoms with Crippen molar-refractivity contribution in [1.29, 1.82) is 5.26 Å². The number of carbonyl (C=O) groups is 1. The number of methoxy groups -OCH3 is 1. The molecule has 33 heavy (non-hydrogen) atoms. The van der Waals surface area contributed by atoms with Crippen molar-refractivity contribution in [1.82, 2.24) is 0 Å². The van der Waals surface area contributed by atoms with Gasteiger partial charge in [-0.25, -0.2) is 0 Å². The number of hydrogen-bond acceptors (Lipinski definition) is 6. The van der Waals surface area contributed by atoms with Crippen molar-refractivity contribution in [2.45, 2.75) is 45.1 Å². The van der Waals surface area contributed by atoms with Crippen LogP contribution in [-0.4, -0.2) is 50.6 Å². The van der Waals surface area contributed by atoms with Crippen LogP contribution in [0.25, 0.3) is 0 Å². The molecule has 1 aliphatic heterocycles. The Balaban J connectivity index is 2.04. The fourth-order valence-corrected chi connectivity index (χ4v) is 4.48. The van der Waals surface area contributed by atoms with Gasteiger partial charge in [0.25, 0.3) is 0 Å². The lowest BCUT2D eigenvalue weighted by atomic mass is 9.94. The number of ether oxygens (including phenoxy) is 2. The van der Waals surface area contributed by atoms with Crippen LogP contribution in [0.1, 0.15) is 48.8 Å². The van der Waals surface area contributed by atoms with Crippen LogP contribution in [0.15, 0.2) is 36.4 Å². The minimum Gasteiger partial charge on any atom is -0.481 e. The average Bonchev–Trinajstić information content (AvgIpc) is 2.82. The lowest BCUT2D eigenvalue weighted by Crippen LogP contribution is -2.39. The molecule has 0 aromatic heterocycles. The van der Waals surface area contributed by atoms with Gasteiger partial charge in [-0.05, 0) is 68.1 Å². The predicted octanol–water partition coefficient (Wildman–Crippen LogP) is 4.82. The van der Waals surface area contributed by atoms with E-state index in [9.17, 15) is 15.2 Å². The molecule has 0 amide bonds. The van der Waals surface area contributed by atoms with Crippen LogP contribution >= 0.6 is 0 Å². The van der Waals surface area contributed by atoms with Crippen molar-refractivity contribution in [3.05, 3.63) is 53.1 Å². The summed E-state index contributed by atoms with van der Waals surface area (Å²) in [4.78, 5) is 13.8. The minimum atomic E-state index is -0.851. The van der Waals surface area contributed by atoms with Crippen molar-refractivity contribution < 1.29 is 19.4 Å². The fourth-order valence-electron chi connectivity index (χ4n) is 4.48. The van der Waals surface area contributed by atoms with Gasteiger partial charge in [0.1, 0.15) is 0 Å². The molecule has 0 unspecified atom stereocenters.